The Balaban J connectivity index is 0.000000167. The second-order valence-corrected chi connectivity index (χ2v) is 6.83. The molecule has 2 saturated heterocycles. The highest BCUT2D eigenvalue weighted by molar-refractivity contribution is 5.81. The van der Waals surface area contributed by atoms with Crippen LogP contribution in [0.2, 0.25) is 0 Å². The first-order valence-electron chi connectivity index (χ1n) is 8.63. The molecule has 4 fully saturated rings. The number of carbonyl (C=O) groups is 2. The molecule has 0 aromatic rings. The van der Waals surface area contributed by atoms with Gasteiger partial charge < -0.3 is 18.9 Å². The van der Waals surface area contributed by atoms with Gasteiger partial charge in [0.15, 0.2) is 11.6 Å². The molecular formula is C18H30O6. The molecule has 24 heavy (non-hydrogen) atoms. The summed E-state index contributed by atoms with van der Waals surface area (Å²) < 4.78 is 22.0. The Bertz CT molecular complexity index is 436. The van der Waals surface area contributed by atoms with E-state index in [0.717, 1.165) is 25.7 Å². The van der Waals surface area contributed by atoms with Gasteiger partial charge in [-0.1, -0.05) is 14.4 Å². The van der Waals surface area contributed by atoms with Crippen molar-refractivity contribution in [3.8, 4) is 0 Å². The quantitative estimate of drug-likeness (QED) is 0.674. The monoisotopic (exact) mass is 342 g/mol. The molecule has 4 aliphatic rings. The van der Waals surface area contributed by atoms with Crippen molar-refractivity contribution in [2.75, 3.05) is 26.4 Å². The van der Waals surface area contributed by atoms with Crippen LogP contribution in [0.3, 0.4) is 0 Å². The number of carbonyl (C=O) groups excluding carboxylic acids is 2. The second-order valence-electron chi connectivity index (χ2n) is 6.83. The summed E-state index contributed by atoms with van der Waals surface area (Å²) in [6.45, 7) is 4.69. The van der Waals surface area contributed by atoms with E-state index in [0.29, 0.717) is 57.3 Å². The molecule has 2 aliphatic carbocycles. The normalized spacial score (nSPS) is 30.8. The van der Waals surface area contributed by atoms with Gasteiger partial charge in [-0.05, 0) is 0 Å². The molecule has 2 spiro atoms. The number of hydrogen-bond acceptors (Lipinski definition) is 6. The molecule has 0 amide bonds. The number of ketones is 2. The third-order valence-electron chi connectivity index (χ3n) is 5.12. The molecule has 1 atom stereocenters. The van der Waals surface area contributed by atoms with Crippen molar-refractivity contribution in [2.45, 2.75) is 70.9 Å². The Hall–Kier alpha value is -0.820. The minimum Gasteiger partial charge on any atom is -0.348 e. The summed E-state index contributed by atoms with van der Waals surface area (Å²) in [7, 11) is 0. The smallest absolute Gasteiger partial charge is 0.169 e. The van der Waals surface area contributed by atoms with Gasteiger partial charge in [0.25, 0.3) is 0 Å². The highest BCUT2D eigenvalue weighted by Gasteiger charge is 2.43. The fourth-order valence-corrected chi connectivity index (χ4v) is 3.70. The second kappa shape index (κ2) is 8.04. The zero-order valence-electron chi connectivity index (χ0n) is 13.8. The number of Topliss-reactive ketones (excluding diaryl/α,β-unsaturated/α-hetero) is 2. The van der Waals surface area contributed by atoms with E-state index in [9.17, 15) is 9.59 Å². The van der Waals surface area contributed by atoms with Crippen LogP contribution in [0.15, 0.2) is 0 Å². The summed E-state index contributed by atoms with van der Waals surface area (Å²) in [4.78, 5) is 22.1. The van der Waals surface area contributed by atoms with E-state index >= 15 is 0 Å². The van der Waals surface area contributed by atoms with Gasteiger partial charge in [0.1, 0.15) is 11.6 Å². The van der Waals surface area contributed by atoms with E-state index in [1.165, 1.54) is 0 Å². The van der Waals surface area contributed by atoms with E-state index in [4.69, 9.17) is 18.9 Å². The first-order valence-corrected chi connectivity index (χ1v) is 8.63. The van der Waals surface area contributed by atoms with Gasteiger partial charge in [-0.2, -0.15) is 0 Å². The predicted molar refractivity (Wildman–Crippen MR) is 87.5 cm³/mol. The minimum absolute atomic E-state index is 0. The molecular weight excluding hydrogens is 312 g/mol. The fourth-order valence-electron chi connectivity index (χ4n) is 3.70. The van der Waals surface area contributed by atoms with Crippen LogP contribution < -0.4 is 0 Å². The van der Waals surface area contributed by atoms with Gasteiger partial charge in [0.2, 0.25) is 0 Å². The van der Waals surface area contributed by atoms with Crippen molar-refractivity contribution in [1.29, 1.82) is 0 Å². The molecule has 138 valence electrons. The van der Waals surface area contributed by atoms with Crippen molar-refractivity contribution in [1.82, 2.24) is 0 Å². The molecule has 6 heteroatoms. The van der Waals surface area contributed by atoms with Gasteiger partial charge in [-0.15, -0.1) is 0 Å². The molecule has 0 bridgehead atoms. The maximum Gasteiger partial charge on any atom is 0.169 e. The molecule has 1 unspecified atom stereocenters. The van der Waals surface area contributed by atoms with Gasteiger partial charge >= 0.3 is 0 Å². The third kappa shape index (κ3) is 4.42. The number of hydrogen-bond donors (Lipinski definition) is 0. The predicted octanol–water partition coefficient (Wildman–Crippen LogP) is 2.63. The summed E-state index contributed by atoms with van der Waals surface area (Å²) in [5.74, 6) is 0.0348. The third-order valence-corrected chi connectivity index (χ3v) is 5.12. The SMILES string of the molecule is C.CC1CC2(CCC1=O)OCCO2.O=C1CCC2(CC1)OCCO2. The Morgan fingerprint density at radius 1 is 0.792 bits per heavy atom. The van der Waals surface area contributed by atoms with E-state index in [2.05, 4.69) is 0 Å². The Morgan fingerprint density at radius 2 is 1.25 bits per heavy atom. The van der Waals surface area contributed by atoms with Gasteiger partial charge in [0, 0.05) is 50.9 Å². The summed E-state index contributed by atoms with van der Waals surface area (Å²) in [5, 5.41) is 0. The molecule has 6 nitrogen and oxygen atoms in total. The topological polar surface area (TPSA) is 71.1 Å². The lowest BCUT2D eigenvalue weighted by Gasteiger charge is -2.33. The first-order chi connectivity index (χ1) is 11.0. The highest BCUT2D eigenvalue weighted by atomic mass is 16.7. The maximum absolute atomic E-state index is 11.2. The standard InChI is InChI=1S/C9H14O3.C8H12O3.CH4/c1-7-6-9(3-2-8(7)10)11-4-5-12-9;9-7-1-3-8(4-2-7)10-5-6-11-8;/h7H,2-6H2,1H3;1-6H2;1H4. The van der Waals surface area contributed by atoms with E-state index < -0.39 is 5.79 Å². The number of ether oxygens (including phenoxy) is 4. The van der Waals surface area contributed by atoms with Gasteiger partial charge in [-0.25, -0.2) is 0 Å². The van der Waals surface area contributed by atoms with Crippen molar-refractivity contribution < 1.29 is 28.5 Å². The maximum atomic E-state index is 11.2. The van der Waals surface area contributed by atoms with Crippen LogP contribution in [0.1, 0.15) is 59.3 Å². The lowest BCUT2D eigenvalue weighted by Crippen LogP contribution is -2.39. The minimum atomic E-state index is -0.396. The molecule has 0 aromatic carbocycles. The van der Waals surface area contributed by atoms with Crippen LogP contribution in [0.5, 0.6) is 0 Å². The lowest BCUT2D eigenvalue weighted by atomic mass is 9.85. The van der Waals surface area contributed by atoms with Crippen LogP contribution in [0.25, 0.3) is 0 Å². The van der Waals surface area contributed by atoms with Crippen LogP contribution in [0, 0.1) is 5.92 Å². The van der Waals surface area contributed by atoms with Gasteiger partial charge in [-0.3, -0.25) is 9.59 Å². The summed E-state index contributed by atoms with van der Waals surface area (Å²) >= 11 is 0. The van der Waals surface area contributed by atoms with Crippen LogP contribution in [0.4, 0.5) is 0 Å². The zero-order chi connectivity index (χ0) is 16.3. The van der Waals surface area contributed by atoms with Crippen molar-refractivity contribution in [3.05, 3.63) is 0 Å². The Labute approximate surface area is 144 Å². The van der Waals surface area contributed by atoms with Gasteiger partial charge in [0.05, 0.1) is 26.4 Å². The van der Waals surface area contributed by atoms with Crippen LogP contribution in [-0.2, 0) is 28.5 Å². The Kier molecular flexibility index (Phi) is 6.53. The van der Waals surface area contributed by atoms with Crippen molar-refractivity contribution in [3.63, 3.8) is 0 Å². The summed E-state index contributed by atoms with van der Waals surface area (Å²) in [6, 6.07) is 0. The first kappa shape index (κ1) is 19.5. The van der Waals surface area contributed by atoms with E-state index in [1.807, 2.05) is 6.92 Å². The summed E-state index contributed by atoms with van der Waals surface area (Å²) in [5.41, 5.74) is 0. The van der Waals surface area contributed by atoms with Crippen LogP contribution >= 0.6 is 0 Å². The van der Waals surface area contributed by atoms with E-state index in [-0.39, 0.29) is 19.1 Å². The van der Waals surface area contributed by atoms with Crippen molar-refractivity contribution >= 4 is 11.6 Å². The fraction of sp³-hybridized carbons (Fsp3) is 0.889. The lowest BCUT2D eigenvalue weighted by molar-refractivity contribution is -0.187. The molecule has 4 rings (SSSR count). The molecule has 0 radical (unpaired) electrons. The highest BCUT2D eigenvalue weighted by Crippen LogP contribution is 2.36. The molecule has 0 aromatic heterocycles. The van der Waals surface area contributed by atoms with Crippen molar-refractivity contribution in [2.24, 2.45) is 5.92 Å². The number of rotatable bonds is 0. The Morgan fingerprint density at radius 3 is 1.75 bits per heavy atom. The average molecular weight is 342 g/mol. The molecule has 2 heterocycles. The summed E-state index contributed by atoms with van der Waals surface area (Å²) in [6.07, 6.45) is 4.86. The zero-order valence-corrected chi connectivity index (χ0v) is 13.8. The van der Waals surface area contributed by atoms with E-state index in [1.54, 1.807) is 0 Å². The molecule has 2 aliphatic heterocycles. The van der Waals surface area contributed by atoms with Crippen LogP contribution in [-0.4, -0.2) is 49.6 Å². The molecule has 2 saturated carbocycles. The largest absolute Gasteiger partial charge is 0.348 e. The molecule has 0 N–H and O–H groups in total. The average Bonchev–Trinajstić information content (AvgIpc) is 3.18.